The molecule has 0 spiro atoms. The first-order valence-corrected chi connectivity index (χ1v) is 7.77. The zero-order valence-electron chi connectivity index (χ0n) is 12.4. The molecule has 4 nitrogen and oxygen atoms in total. The van der Waals surface area contributed by atoms with Crippen LogP contribution in [0.15, 0.2) is 40.9 Å². The van der Waals surface area contributed by atoms with E-state index in [2.05, 4.69) is 29.2 Å². The molecule has 3 aromatic rings. The second-order valence-corrected chi connectivity index (χ2v) is 6.02. The van der Waals surface area contributed by atoms with E-state index in [1.54, 1.807) is 6.20 Å². The maximum atomic E-state index is 5.97. The van der Waals surface area contributed by atoms with Gasteiger partial charge in [0, 0.05) is 17.1 Å². The molecule has 1 aromatic carbocycles. The van der Waals surface area contributed by atoms with Gasteiger partial charge >= 0.3 is 0 Å². The summed E-state index contributed by atoms with van der Waals surface area (Å²) in [6.07, 6.45) is 6.97. The number of nitrogens with two attached hydrogens (primary N) is 2. The molecule has 0 atom stereocenters. The van der Waals surface area contributed by atoms with Gasteiger partial charge in [0.05, 0.1) is 0 Å². The summed E-state index contributed by atoms with van der Waals surface area (Å²) in [6, 6.07) is 10.4. The van der Waals surface area contributed by atoms with Crippen molar-refractivity contribution in [2.45, 2.75) is 31.6 Å². The predicted octanol–water partition coefficient (Wildman–Crippen LogP) is 4.32. The third-order valence-electron chi connectivity index (χ3n) is 4.66. The number of benzene rings is 1. The maximum absolute atomic E-state index is 5.97. The SMILES string of the molecule is Nc1oc2c(-c3cccc(C4CCCC4)c3)nccc2c1N. The van der Waals surface area contributed by atoms with Crippen LogP contribution in [0.1, 0.15) is 37.2 Å². The van der Waals surface area contributed by atoms with E-state index in [1.807, 2.05) is 6.07 Å². The number of fused-ring (bicyclic) bond motifs is 1. The first-order chi connectivity index (χ1) is 10.7. The van der Waals surface area contributed by atoms with Gasteiger partial charge in [0.1, 0.15) is 11.4 Å². The first kappa shape index (κ1) is 13.2. The predicted molar refractivity (Wildman–Crippen MR) is 89.5 cm³/mol. The molecule has 4 rings (SSSR count). The van der Waals surface area contributed by atoms with Crippen molar-refractivity contribution < 1.29 is 4.42 Å². The minimum Gasteiger partial charge on any atom is -0.436 e. The fraction of sp³-hybridized carbons (Fsp3) is 0.278. The largest absolute Gasteiger partial charge is 0.436 e. The normalized spacial score (nSPS) is 15.6. The first-order valence-electron chi connectivity index (χ1n) is 7.77. The van der Waals surface area contributed by atoms with Gasteiger partial charge in [0.2, 0.25) is 5.88 Å². The van der Waals surface area contributed by atoms with Gasteiger partial charge in [0.15, 0.2) is 5.58 Å². The van der Waals surface area contributed by atoms with Gasteiger partial charge in [-0.05, 0) is 36.5 Å². The maximum Gasteiger partial charge on any atom is 0.214 e. The molecule has 0 amide bonds. The van der Waals surface area contributed by atoms with Gasteiger partial charge in [0.25, 0.3) is 0 Å². The molecule has 2 heterocycles. The molecule has 1 fully saturated rings. The van der Waals surface area contributed by atoms with Crippen LogP contribution >= 0.6 is 0 Å². The Balaban J connectivity index is 1.85. The lowest BCUT2D eigenvalue weighted by Gasteiger charge is -2.11. The van der Waals surface area contributed by atoms with Gasteiger partial charge in [-0.15, -0.1) is 0 Å². The van der Waals surface area contributed by atoms with E-state index in [1.165, 1.54) is 31.2 Å². The Labute approximate surface area is 129 Å². The van der Waals surface area contributed by atoms with Crippen LogP contribution < -0.4 is 11.5 Å². The fourth-order valence-corrected chi connectivity index (χ4v) is 3.47. The molecule has 4 heteroatoms. The lowest BCUT2D eigenvalue weighted by molar-refractivity contribution is 0.638. The Bertz CT molecular complexity index is 831. The molecular weight excluding hydrogens is 274 g/mol. The highest BCUT2D eigenvalue weighted by Gasteiger charge is 2.19. The summed E-state index contributed by atoms with van der Waals surface area (Å²) in [4.78, 5) is 4.49. The van der Waals surface area contributed by atoms with Crippen molar-refractivity contribution in [2.24, 2.45) is 0 Å². The molecular formula is C18H19N3O. The van der Waals surface area contributed by atoms with Gasteiger partial charge in [-0.2, -0.15) is 0 Å². The van der Waals surface area contributed by atoms with E-state index in [9.17, 15) is 0 Å². The van der Waals surface area contributed by atoms with Gasteiger partial charge in [-0.1, -0.05) is 31.0 Å². The molecule has 1 saturated carbocycles. The lowest BCUT2D eigenvalue weighted by Crippen LogP contribution is -1.93. The number of pyridine rings is 1. The van der Waals surface area contributed by atoms with Gasteiger partial charge in [-0.3, -0.25) is 4.98 Å². The fourth-order valence-electron chi connectivity index (χ4n) is 3.47. The van der Waals surface area contributed by atoms with Crippen LogP contribution in [0.2, 0.25) is 0 Å². The Hall–Kier alpha value is -2.49. The molecule has 0 radical (unpaired) electrons. The molecule has 0 bridgehead atoms. The molecule has 0 aliphatic heterocycles. The van der Waals surface area contributed by atoms with E-state index in [0.29, 0.717) is 17.2 Å². The molecule has 2 aromatic heterocycles. The zero-order chi connectivity index (χ0) is 15.1. The summed E-state index contributed by atoms with van der Waals surface area (Å²) in [6.45, 7) is 0. The van der Waals surface area contributed by atoms with Crippen molar-refractivity contribution >= 4 is 22.5 Å². The van der Waals surface area contributed by atoms with Gasteiger partial charge in [-0.25, -0.2) is 0 Å². The van der Waals surface area contributed by atoms with Crippen molar-refractivity contribution in [3.8, 4) is 11.3 Å². The summed E-state index contributed by atoms with van der Waals surface area (Å²) >= 11 is 0. The Morgan fingerprint density at radius 3 is 2.73 bits per heavy atom. The van der Waals surface area contributed by atoms with E-state index in [0.717, 1.165) is 16.6 Å². The summed E-state index contributed by atoms with van der Waals surface area (Å²) in [5.74, 6) is 0.932. The average Bonchev–Trinajstić information content (AvgIpc) is 3.17. The van der Waals surface area contributed by atoms with Gasteiger partial charge < -0.3 is 15.9 Å². The van der Waals surface area contributed by atoms with Crippen molar-refractivity contribution in [1.82, 2.24) is 4.98 Å². The highest BCUT2D eigenvalue weighted by molar-refractivity contribution is 6.01. The Morgan fingerprint density at radius 2 is 1.91 bits per heavy atom. The number of aromatic nitrogens is 1. The Morgan fingerprint density at radius 1 is 1.09 bits per heavy atom. The molecule has 1 aliphatic carbocycles. The number of nitrogens with zero attached hydrogens (tertiary/aromatic N) is 1. The minimum absolute atomic E-state index is 0.260. The quantitative estimate of drug-likeness (QED) is 0.737. The van der Waals surface area contributed by atoms with Crippen LogP contribution in [0.4, 0.5) is 11.6 Å². The summed E-state index contributed by atoms with van der Waals surface area (Å²) in [5.41, 5.74) is 16.2. The number of nitrogen functional groups attached to an aromatic ring is 2. The summed E-state index contributed by atoms with van der Waals surface area (Å²) < 4.78 is 5.64. The third kappa shape index (κ3) is 2.03. The summed E-state index contributed by atoms with van der Waals surface area (Å²) in [5, 5.41) is 0.828. The molecule has 112 valence electrons. The van der Waals surface area contributed by atoms with Crippen LogP contribution in [-0.2, 0) is 0 Å². The van der Waals surface area contributed by atoms with Crippen LogP contribution in [0.5, 0.6) is 0 Å². The monoisotopic (exact) mass is 293 g/mol. The topological polar surface area (TPSA) is 78.1 Å². The molecule has 4 N–H and O–H groups in total. The number of rotatable bonds is 2. The smallest absolute Gasteiger partial charge is 0.214 e. The molecule has 1 aliphatic rings. The number of hydrogen-bond donors (Lipinski definition) is 2. The number of hydrogen-bond acceptors (Lipinski definition) is 4. The van der Waals surface area contributed by atoms with Crippen molar-refractivity contribution in [3.63, 3.8) is 0 Å². The second kappa shape index (κ2) is 5.05. The molecule has 0 unspecified atom stereocenters. The highest BCUT2D eigenvalue weighted by Crippen LogP contribution is 2.38. The van der Waals surface area contributed by atoms with Crippen LogP contribution in [-0.4, -0.2) is 4.98 Å². The highest BCUT2D eigenvalue weighted by atomic mass is 16.3. The van der Waals surface area contributed by atoms with E-state index in [-0.39, 0.29) is 5.88 Å². The van der Waals surface area contributed by atoms with Crippen molar-refractivity contribution in [2.75, 3.05) is 11.5 Å². The standard InChI is InChI=1S/C18H19N3O/c19-15-14-8-9-21-16(17(14)22-18(15)20)13-7-3-6-12(10-13)11-4-1-2-5-11/h3,6-11H,1-2,4-5,19-20H2. The van der Waals surface area contributed by atoms with E-state index in [4.69, 9.17) is 15.9 Å². The molecule has 22 heavy (non-hydrogen) atoms. The van der Waals surface area contributed by atoms with Crippen molar-refractivity contribution in [1.29, 1.82) is 0 Å². The number of anilines is 2. The van der Waals surface area contributed by atoms with Crippen LogP contribution in [0.25, 0.3) is 22.2 Å². The summed E-state index contributed by atoms with van der Waals surface area (Å²) in [7, 11) is 0. The second-order valence-electron chi connectivity index (χ2n) is 6.02. The van der Waals surface area contributed by atoms with Crippen LogP contribution in [0, 0.1) is 0 Å². The molecule has 0 saturated heterocycles. The van der Waals surface area contributed by atoms with Crippen LogP contribution in [0.3, 0.4) is 0 Å². The number of furan rings is 1. The van der Waals surface area contributed by atoms with Crippen molar-refractivity contribution in [3.05, 3.63) is 42.1 Å². The van der Waals surface area contributed by atoms with E-state index >= 15 is 0 Å². The Kier molecular flexibility index (Phi) is 3.03. The minimum atomic E-state index is 0.260. The third-order valence-corrected chi connectivity index (χ3v) is 4.66. The lowest BCUT2D eigenvalue weighted by atomic mass is 9.95. The zero-order valence-corrected chi connectivity index (χ0v) is 12.4. The van der Waals surface area contributed by atoms with E-state index < -0.39 is 0 Å². The average molecular weight is 293 g/mol.